The van der Waals surface area contributed by atoms with Crippen LogP contribution in [0.4, 0.5) is 0 Å². The minimum absolute atomic E-state index is 0.492. The molecule has 1 aromatic carbocycles. The molecule has 0 aromatic heterocycles. The Bertz CT molecular complexity index is 515. The van der Waals surface area contributed by atoms with Crippen molar-refractivity contribution in [2.24, 2.45) is 17.8 Å². The Balaban J connectivity index is 1.51. The summed E-state index contributed by atoms with van der Waals surface area (Å²) >= 11 is 0. The fourth-order valence-corrected chi connectivity index (χ4v) is 8.91. The van der Waals surface area contributed by atoms with E-state index in [1.165, 1.54) is 56.5 Å². The van der Waals surface area contributed by atoms with E-state index >= 15 is 0 Å². The lowest BCUT2D eigenvalue weighted by Crippen LogP contribution is -2.48. The highest BCUT2D eigenvalue weighted by molar-refractivity contribution is 7.96. The van der Waals surface area contributed by atoms with Crippen molar-refractivity contribution < 1.29 is 0 Å². The van der Waals surface area contributed by atoms with Gasteiger partial charge in [-0.3, -0.25) is 0 Å². The molecule has 0 atom stereocenters. The van der Waals surface area contributed by atoms with Gasteiger partial charge in [0.05, 0.1) is 0 Å². The summed E-state index contributed by atoms with van der Waals surface area (Å²) in [6.07, 6.45) is 14.6. The zero-order chi connectivity index (χ0) is 17.3. The van der Waals surface area contributed by atoms with Crippen LogP contribution < -0.4 is 0 Å². The molecular weight excluding hydrogens is 320 g/mol. The lowest BCUT2D eigenvalue weighted by molar-refractivity contribution is -0.00520. The molecule has 0 aliphatic heterocycles. The number of unbranched alkanes of at least 4 members (excludes halogenated alkanes) is 2. The zero-order valence-electron chi connectivity index (χ0n) is 16.4. The van der Waals surface area contributed by atoms with E-state index in [4.69, 9.17) is 0 Å². The molecule has 4 aliphatic carbocycles. The zero-order valence-corrected chi connectivity index (χ0v) is 17.3. The number of benzene rings is 1. The molecule has 1 aromatic rings. The second-order valence-corrected chi connectivity index (χ2v) is 11.6. The largest absolute Gasteiger partial charge is 0.154 e. The fourth-order valence-electron chi connectivity index (χ4n) is 6.44. The first kappa shape index (κ1) is 18.0. The molecule has 1 heteroatoms. The average Bonchev–Trinajstić information content (AvgIpc) is 2.61. The summed E-state index contributed by atoms with van der Waals surface area (Å²) in [6, 6.07) is 10.2. The Hall–Kier alpha value is -0.430. The van der Waals surface area contributed by atoms with Crippen molar-refractivity contribution in [3.05, 3.63) is 29.8 Å². The van der Waals surface area contributed by atoms with Crippen molar-refractivity contribution in [3.63, 3.8) is 0 Å². The maximum absolute atomic E-state index is 2.56. The van der Waals surface area contributed by atoms with Gasteiger partial charge in [-0.2, -0.15) is 0 Å². The molecule has 0 radical (unpaired) electrons. The highest BCUT2D eigenvalue weighted by Crippen LogP contribution is 2.60. The van der Waals surface area contributed by atoms with Crippen LogP contribution in [0.25, 0.3) is 0 Å². The highest BCUT2D eigenvalue weighted by atomic mass is 32.2. The van der Waals surface area contributed by atoms with Gasteiger partial charge in [0.15, 0.2) is 4.90 Å². The summed E-state index contributed by atoms with van der Waals surface area (Å²) in [7, 11) is 0.492. The van der Waals surface area contributed by atoms with Crippen molar-refractivity contribution >= 4 is 10.9 Å². The molecule has 0 spiro atoms. The summed E-state index contributed by atoms with van der Waals surface area (Å²) < 4.78 is 0. The molecule has 138 valence electrons. The van der Waals surface area contributed by atoms with Crippen LogP contribution in [0.5, 0.6) is 0 Å². The monoisotopic (exact) mass is 357 g/mol. The quantitative estimate of drug-likeness (QED) is 0.452. The van der Waals surface area contributed by atoms with E-state index in [9.17, 15) is 0 Å². The Labute approximate surface area is 158 Å². The minimum atomic E-state index is 0.492. The Morgan fingerprint density at radius 2 is 1.28 bits per heavy atom. The van der Waals surface area contributed by atoms with E-state index in [2.05, 4.69) is 38.1 Å². The normalized spacial score (nSPS) is 33.3. The van der Waals surface area contributed by atoms with Gasteiger partial charge < -0.3 is 0 Å². The average molecular weight is 358 g/mol. The summed E-state index contributed by atoms with van der Waals surface area (Å²) in [6.45, 7) is 4.66. The topological polar surface area (TPSA) is 0 Å². The predicted molar refractivity (Wildman–Crippen MR) is 111 cm³/mol. The Morgan fingerprint density at radius 3 is 1.72 bits per heavy atom. The SMILES string of the molecule is CCCC[S+](CCCC)c1ccc(C23CC4CC(CC(C4)C2)C3)cc1. The van der Waals surface area contributed by atoms with Crippen LogP contribution in [0.3, 0.4) is 0 Å². The van der Waals surface area contributed by atoms with E-state index in [-0.39, 0.29) is 0 Å². The molecule has 5 rings (SSSR count). The molecule has 0 amide bonds. The van der Waals surface area contributed by atoms with Gasteiger partial charge >= 0.3 is 0 Å². The van der Waals surface area contributed by atoms with E-state index in [1.54, 1.807) is 29.7 Å². The molecule has 4 saturated carbocycles. The van der Waals surface area contributed by atoms with Crippen molar-refractivity contribution in [2.45, 2.75) is 88.4 Å². The highest BCUT2D eigenvalue weighted by Gasteiger charge is 2.51. The summed E-state index contributed by atoms with van der Waals surface area (Å²) in [4.78, 5) is 1.65. The van der Waals surface area contributed by atoms with Crippen molar-refractivity contribution in [3.8, 4) is 0 Å². The number of hydrogen-bond donors (Lipinski definition) is 0. The van der Waals surface area contributed by atoms with Crippen molar-refractivity contribution in [2.75, 3.05) is 11.5 Å². The van der Waals surface area contributed by atoms with Gasteiger partial charge in [-0.15, -0.1) is 0 Å². The van der Waals surface area contributed by atoms with Gasteiger partial charge in [0, 0.05) is 10.9 Å². The third kappa shape index (κ3) is 3.68. The molecule has 25 heavy (non-hydrogen) atoms. The van der Waals surface area contributed by atoms with Crippen LogP contribution in [-0.2, 0) is 16.3 Å². The van der Waals surface area contributed by atoms with Crippen molar-refractivity contribution in [1.82, 2.24) is 0 Å². The molecule has 0 N–H and O–H groups in total. The maximum atomic E-state index is 2.56. The number of hydrogen-bond acceptors (Lipinski definition) is 0. The molecule has 0 heterocycles. The maximum Gasteiger partial charge on any atom is 0.154 e. The third-order valence-electron chi connectivity index (χ3n) is 7.33. The van der Waals surface area contributed by atoms with Crippen LogP contribution in [0.2, 0.25) is 0 Å². The lowest BCUT2D eigenvalue weighted by Gasteiger charge is -2.57. The van der Waals surface area contributed by atoms with Gasteiger partial charge in [-0.25, -0.2) is 0 Å². The van der Waals surface area contributed by atoms with Gasteiger partial charge in [0.25, 0.3) is 0 Å². The van der Waals surface area contributed by atoms with E-state index < -0.39 is 0 Å². The van der Waals surface area contributed by atoms with Crippen LogP contribution in [-0.4, -0.2) is 11.5 Å². The molecule has 4 aliphatic rings. The molecular formula is C24H37S+. The number of rotatable bonds is 8. The van der Waals surface area contributed by atoms with E-state index in [1.807, 2.05) is 0 Å². The molecule has 4 bridgehead atoms. The molecule has 0 saturated heterocycles. The molecule has 0 unspecified atom stereocenters. The smallest absolute Gasteiger partial charge is 0.0652 e. The van der Waals surface area contributed by atoms with Crippen LogP contribution in [0.1, 0.15) is 83.6 Å². The first-order valence-electron chi connectivity index (χ1n) is 11.0. The van der Waals surface area contributed by atoms with Crippen LogP contribution in [0.15, 0.2) is 29.2 Å². The van der Waals surface area contributed by atoms with Gasteiger partial charge in [0.1, 0.15) is 11.5 Å². The van der Waals surface area contributed by atoms with Gasteiger partial charge in [-0.1, -0.05) is 38.8 Å². The lowest BCUT2D eigenvalue weighted by atomic mass is 9.48. The van der Waals surface area contributed by atoms with Gasteiger partial charge in [-0.05, 0) is 92.2 Å². The first-order chi connectivity index (χ1) is 12.2. The molecule has 4 fully saturated rings. The first-order valence-corrected chi connectivity index (χ1v) is 12.6. The van der Waals surface area contributed by atoms with E-state index in [0.717, 1.165) is 17.8 Å². The minimum Gasteiger partial charge on any atom is -0.0652 e. The second kappa shape index (κ2) is 7.67. The fraction of sp³-hybridized carbons (Fsp3) is 0.750. The molecule has 0 nitrogen and oxygen atoms in total. The Morgan fingerprint density at radius 1 is 0.800 bits per heavy atom. The predicted octanol–water partition coefficient (Wildman–Crippen LogP) is 6.73. The summed E-state index contributed by atoms with van der Waals surface area (Å²) in [5, 5.41) is 0. The summed E-state index contributed by atoms with van der Waals surface area (Å²) in [5.74, 6) is 5.97. The summed E-state index contributed by atoms with van der Waals surface area (Å²) in [5.41, 5.74) is 2.27. The van der Waals surface area contributed by atoms with Crippen LogP contribution in [0, 0.1) is 17.8 Å². The standard InChI is InChI=1S/C24H37S/c1-3-5-11-25(12-6-4-2)23-9-7-22(8-10-23)24-16-19-13-20(17-24)15-21(14-19)18-24/h7-10,19-21H,3-6,11-18H2,1-2H3/q+1. The van der Waals surface area contributed by atoms with Gasteiger partial charge in [0.2, 0.25) is 0 Å². The van der Waals surface area contributed by atoms with Crippen molar-refractivity contribution in [1.29, 1.82) is 0 Å². The third-order valence-corrected chi connectivity index (χ3v) is 9.83. The Kier molecular flexibility index (Phi) is 5.51. The van der Waals surface area contributed by atoms with Crippen LogP contribution >= 0.6 is 0 Å². The second-order valence-electron chi connectivity index (χ2n) is 9.33. The van der Waals surface area contributed by atoms with E-state index in [0.29, 0.717) is 16.3 Å².